The maximum Gasteiger partial charge on any atom is 0.325 e. The summed E-state index contributed by atoms with van der Waals surface area (Å²) in [6.45, 7) is 6.68. The van der Waals surface area contributed by atoms with E-state index in [0.29, 0.717) is 19.0 Å². The Labute approximate surface area is 148 Å². The molecule has 4 amide bonds. The zero-order chi connectivity index (χ0) is 18.2. The fraction of sp³-hybridized carbons (Fsp3) is 0.526. The molecule has 6 heteroatoms. The molecule has 1 N–H and O–H groups in total. The van der Waals surface area contributed by atoms with E-state index in [1.54, 1.807) is 13.8 Å². The van der Waals surface area contributed by atoms with Crippen LogP contribution in [0.2, 0.25) is 0 Å². The van der Waals surface area contributed by atoms with Gasteiger partial charge in [-0.2, -0.15) is 0 Å². The molecule has 0 radical (unpaired) electrons. The molecule has 1 aromatic rings. The first-order valence-corrected chi connectivity index (χ1v) is 8.76. The first-order chi connectivity index (χ1) is 11.8. The number of amides is 4. The average Bonchev–Trinajstić information content (AvgIpc) is 2.77. The summed E-state index contributed by atoms with van der Waals surface area (Å²) in [4.78, 5) is 39.7. The quantitative estimate of drug-likeness (QED) is 0.854. The van der Waals surface area contributed by atoms with Crippen LogP contribution in [0.3, 0.4) is 0 Å². The molecule has 2 aliphatic heterocycles. The van der Waals surface area contributed by atoms with Gasteiger partial charge in [-0.1, -0.05) is 29.8 Å². The number of hydrogen-bond donors (Lipinski definition) is 1. The zero-order valence-electron chi connectivity index (χ0n) is 15.0. The lowest BCUT2D eigenvalue weighted by molar-refractivity contribution is -0.134. The normalized spacial score (nSPS) is 22.9. The molecule has 6 nitrogen and oxygen atoms in total. The highest BCUT2D eigenvalue weighted by Crippen LogP contribution is 2.28. The summed E-state index contributed by atoms with van der Waals surface area (Å²) in [6.07, 6.45) is 2.00. The van der Waals surface area contributed by atoms with E-state index in [9.17, 15) is 14.4 Å². The van der Waals surface area contributed by atoms with Crippen molar-refractivity contribution in [3.63, 3.8) is 0 Å². The number of rotatable bonds is 3. The summed E-state index contributed by atoms with van der Waals surface area (Å²) >= 11 is 0. The molecule has 0 bridgehead atoms. The second-order valence-corrected chi connectivity index (χ2v) is 7.50. The second-order valence-electron chi connectivity index (χ2n) is 7.50. The number of nitrogens with zero attached hydrogens (tertiary/aromatic N) is 2. The Morgan fingerprint density at radius 2 is 2.08 bits per heavy atom. The van der Waals surface area contributed by atoms with E-state index in [-0.39, 0.29) is 18.4 Å². The van der Waals surface area contributed by atoms with Crippen molar-refractivity contribution in [3.05, 3.63) is 35.4 Å². The Bertz CT molecular complexity index is 714. The average molecular weight is 343 g/mol. The van der Waals surface area contributed by atoms with E-state index >= 15 is 0 Å². The summed E-state index contributed by atoms with van der Waals surface area (Å²) in [7, 11) is 0. The first kappa shape index (κ1) is 17.5. The number of hydrogen-bond acceptors (Lipinski definition) is 3. The van der Waals surface area contributed by atoms with E-state index in [1.165, 1.54) is 16.0 Å². The first-order valence-electron chi connectivity index (χ1n) is 8.76. The second kappa shape index (κ2) is 6.50. The van der Waals surface area contributed by atoms with Gasteiger partial charge in [0.2, 0.25) is 5.91 Å². The molecule has 2 heterocycles. The molecular formula is C19H25N3O3. The van der Waals surface area contributed by atoms with Gasteiger partial charge in [-0.15, -0.1) is 0 Å². The summed E-state index contributed by atoms with van der Waals surface area (Å²) in [5.41, 5.74) is 1.49. The number of likely N-dealkylation sites (tertiary alicyclic amines) is 1. The molecular weight excluding hydrogens is 318 g/mol. The Kier molecular flexibility index (Phi) is 4.54. The van der Waals surface area contributed by atoms with E-state index < -0.39 is 11.6 Å². The van der Waals surface area contributed by atoms with Crippen molar-refractivity contribution < 1.29 is 14.4 Å². The van der Waals surface area contributed by atoms with Crippen LogP contribution < -0.4 is 5.32 Å². The number of carbonyl (C=O) groups is 3. The van der Waals surface area contributed by atoms with Crippen molar-refractivity contribution in [3.8, 4) is 0 Å². The van der Waals surface area contributed by atoms with E-state index in [1.807, 2.05) is 11.0 Å². The summed E-state index contributed by atoms with van der Waals surface area (Å²) < 4.78 is 0. The van der Waals surface area contributed by atoms with E-state index in [4.69, 9.17) is 0 Å². The highest BCUT2D eigenvalue weighted by atomic mass is 16.2. The molecule has 0 aliphatic carbocycles. The third kappa shape index (κ3) is 3.38. The van der Waals surface area contributed by atoms with Gasteiger partial charge in [0.05, 0.1) is 0 Å². The number of carbonyl (C=O) groups excluding carboxylic acids is 3. The van der Waals surface area contributed by atoms with Crippen molar-refractivity contribution in [2.45, 2.75) is 45.1 Å². The highest BCUT2D eigenvalue weighted by Gasteiger charge is 2.46. The highest BCUT2D eigenvalue weighted by molar-refractivity contribution is 6.07. The van der Waals surface area contributed by atoms with Crippen LogP contribution >= 0.6 is 0 Å². The molecule has 1 atom stereocenters. The van der Waals surface area contributed by atoms with Crippen LogP contribution in [-0.4, -0.2) is 52.8 Å². The van der Waals surface area contributed by atoms with Gasteiger partial charge >= 0.3 is 6.03 Å². The van der Waals surface area contributed by atoms with E-state index in [0.717, 1.165) is 12.8 Å². The lowest BCUT2D eigenvalue weighted by Crippen LogP contribution is -2.51. The van der Waals surface area contributed by atoms with Gasteiger partial charge in [0.1, 0.15) is 12.1 Å². The Hall–Kier alpha value is -2.37. The van der Waals surface area contributed by atoms with E-state index in [2.05, 4.69) is 30.4 Å². The maximum absolute atomic E-state index is 12.7. The van der Waals surface area contributed by atoms with Crippen molar-refractivity contribution in [2.75, 3.05) is 19.6 Å². The summed E-state index contributed by atoms with van der Waals surface area (Å²) in [6, 6.07) is 7.92. The molecule has 3 rings (SSSR count). The van der Waals surface area contributed by atoms with Crippen LogP contribution in [0.15, 0.2) is 24.3 Å². The largest absolute Gasteiger partial charge is 0.341 e. The lowest BCUT2D eigenvalue weighted by atomic mass is 9.90. The molecule has 25 heavy (non-hydrogen) atoms. The lowest BCUT2D eigenvalue weighted by Gasteiger charge is -2.35. The predicted molar refractivity (Wildman–Crippen MR) is 94.1 cm³/mol. The summed E-state index contributed by atoms with van der Waals surface area (Å²) in [5, 5.41) is 2.28. The molecule has 2 saturated heterocycles. The maximum atomic E-state index is 12.7. The SMILES string of the molecule is Cc1cccc([C@H]2CCCN(C(=O)CN3C(=O)NC(=O)C3(C)C)C2)c1. The molecule has 0 unspecified atom stereocenters. The van der Waals surface area contributed by atoms with Crippen LogP contribution in [0.4, 0.5) is 4.79 Å². The molecule has 2 aliphatic rings. The smallest absolute Gasteiger partial charge is 0.325 e. The van der Waals surface area contributed by atoms with Crippen LogP contribution in [0.5, 0.6) is 0 Å². The Balaban J connectivity index is 1.68. The van der Waals surface area contributed by atoms with Gasteiger partial charge in [-0.3, -0.25) is 14.9 Å². The number of piperidine rings is 1. The molecule has 1 aromatic carbocycles. The third-order valence-corrected chi connectivity index (χ3v) is 5.28. The molecule has 0 aromatic heterocycles. The van der Waals surface area contributed by atoms with Crippen LogP contribution in [0, 0.1) is 6.92 Å². The Morgan fingerprint density at radius 3 is 2.72 bits per heavy atom. The molecule has 0 saturated carbocycles. The number of nitrogens with one attached hydrogen (secondary N) is 1. The van der Waals surface area contributed by atoms with Crippen LogP contribution in [-0.2, 0) is 9.59 Å². The number of imide groups is 1. The van der Waals surface area contributed by atoms with Gasteiger partial charge in [0.25, 0.3) is 5.91 Å². The molecule has 134 valence electrons. The minimum atomic E-state index is -0.988. The van der Waals surface area contributed by atoms with Crippen molar-refractivity contribution in [2.24, 2.45) is 0 Å². The monoisotopic (exact) mass is 343 g/mol. The fourth-order valence-corrected chi connectivity index (χ4v) is 3.60. The number of benzene rings is 1. The predicted octanol–water partition coefficient (Wildman–Crippen LogP) is 2.03. The van der Waals surface area contributed by atoms with Crippen molar-refractivity contribution in [1.82, 2.24) is 15.1 Å². The standard InChI is InChI=1S/C19H25N3O3/c1-13-6-4-7-14(10-13)15-8-5-9-21(11-15)16(23)12-22-18(25)20-17(24)19(22,2)3/h4,6-7,10,15H,5,8-9,11-12H2,1-3H3,(H,20,24,25)/t15-/m0/s1. The van der Waals surface area contributed by atoms with Gasteiger partial charge in [0, 0.05) is 19.0 Å². The van der Waals surface area contributed by atoms with Crippen LogP contribution in [0.1, 0.15) is 43.7 Å². The van der Waals surface area contributed by atoms with Gasteiger partial charge in [-0.05, 0) is 39.2 Å². The Morgan fingerprint density at radius 1 is 1.32 bits per heavy atom. The fourth-order valence-electron chi connectivity index (χ4n) is 3.60. The third-order valence-electron chi connectivity index (χ3n) is 5.28. The molecule has 0 spiro atoms. The van der Waals surface area contributed by atoms with Gasteiger partial charge in [-0.25, -0.2) is 4.79 Å². The topological polar surface area (TPSA) is 69.7 Å². The number of urea groups is 1. The minimum Gasteiger partial charge on any atom is -0.341 e. The summed E-state index contributed by atoms with van der Waals surface area (Å²) in [5.74, 6) is -0.142. The van der Waals surface area contributed by atoms with Gasteiger partial charge in [0.15, 0.2) is 0 Å². The number of aryl methyl sites for hydroxylation is 1. The van der Waals surface area contributed by atoms with Crippen molar-refractivity contribution >= 4 is 17.8 Å². The van der Waals surface area contributed by atoms with Crippen molar-refractivity contribution in [1.29, 1.82) is 0 Å². The zero-order valence-corrected chi connectivity index (χ0v) is 15.0. The molecule has 2 fully saturated rings. The van der Waals surface area contributed by atoms with Crippen LogP contribution in [0.25, 0.3) is 0 Å². The minimum absolute atomic E-state index is 0.0644. The van der Waals surface area contributed by atoms with Gasteiger partial charge < -0.3 is 9.80 Å².